The van der Waals surface area contributed by atoms with Crippen molar-refractivity contribution in [3.63, 3.8) is 0 Å². The summed E-state index contributed by atoms with van der Waals surface area (Å²) in [4.78, 5) is 17.3. The molecule has 3 rings (SSSR count). The van der Waals surface area contributed by atoms with Gasteiger partial charge in [-0.05, 0) is 42.7 Å². The van der Waals surface area contributed by atoms with Crippen LogP contribution in [0, 0.1) is 0 Å². The number of para-hydroxylation sites is 1. The fourth-order valence-electron chi connectivity index (χ4n) is 2.63. The third kappa shape index (κ3) is 4.40. The van der Waals surface area contributed by atoms with Gasteiger partial charge < -0.3 is 5.32 Å². The molecule has 3 aromatic rings. The van der Waals surface area contributed by atoms with Crippen LogP contribution in [0.2, 0.25) is 0 Å². The molecule has 0 spiro atoms. The summed E-state index contributed by atoms with van der Waals surface area (Å²) in [5, 5.41) is 4.84. The maximum Gasteiger partial charge on any atom is 0.237 e. The number of thioether (sulfide) groups is 1. The summed E-state index contributed by atoms with van der Waals surface area (Å²) in [5.74, 6) is 0.0201. The highest BCUT2D eigenvalue weighted by Crippen LogP contribution is 2.27. The number of aromatic nitrogens is 1. The fraction of sp³-hybridized carbons (Fsp3) is 0.238. The summed E-state index contributed by atoms with van der Waals surface area (Å²) in [6.07, 6.45) is 1.74. The number of nitrogens with zero attached hydrogens (tertiary/aromatic N) is 1. The minimum absolute atomic E-state index is 0.0201. The number of rotatable bonds is 6. The summed E-state index contributed by atoms with van der Waals surface area (Å²) in [7, 11) is 0. The molecular formula is C21H22N2OS. The molecule has 0 radical (unpaired) electrons. The molecule has 0 aliphatic carbocycles. The highest BCUT2D eigenvalue weighted by Gasteiger charge is 2.19. The summed E-state index contributed by atoms with van der Waals surface area (Å²) in [6.45, 7) is 4.15. The predicted molar refractivity (Wildman–Crippen MR) is 106 cm³/mol. The van der Waals surface area contributed by atoms with Crippen LogP contribution in [0.3, 0.4) is 0 Å². The summed E-state index contributed by atoms with van der Waals surface area (Å²) >= 11 is 1.52. The van der Waals surface area contributed by atoms with Gasteiger partial charge in [-0.1, -0.05) is 62.0 Å². The first-order valence-electron chi connectivity index (χ1n) is 8.62. The molecule has 1 N–H and O–H groups in total. The number of nitrogens with one attached hydrogen (secondary N) is 1. The molecule has 3 nitrogen and oxygen atoms in total. The molecule has 1 amide bonds. The van der Waals surface area contributed by atoms with Crippen LogP contribution >= 0.6 is 11.8 Å². The Hall–Kier alpha value is -2.33. The van der Waals surface area contributed by atoms with E-state index in [4.69, 9.17) is 0 Å². The summed E-state index contributed by atoms with van der Waals surface area (Å²) in [6, 6.07) is 20.1. The second-order valence-corrected chi connectivity index (χ2v) is 7.12. The van der Waals surface area contributed by atoms with Crippen LogP contribution in [0.4, 0.5) is 5.69 Å². The van der Waals surface area contributed by atoms with Crippen molar-refractivity contribution in [3.05, 3.63) is 66.2 Å². The standard InChI is InChI=1S/C21H22N2OS/c1-3-15-9-12-17(13-10-15)22-21(24)19(4-2)25-20-14-11-16-7-5-6-8-18(16)23-20/h5-14,19H,3-4H2,1-2H3,(H,22,24). The number of anilines is 1. The first-order valence-corrected chi connectivity index (χ1v) is 9.49. The lowest BCUT2D eigenvalue weighted by atomic mass is 10.1. The summed E-state index contributed by atoms with van der Waals surface area (Å²) in [5.41, 5.74) is 3.06. The second-order valence-electron chi connectivity index (χ2n) is 5.90. The van der Waals surface area contributed by atoms with Crippen LogP contribution in [0.15, 0.2) is 65.7 Å². The van der Waals surface area contributed by atoms with Crippen molar-refractivity contribution in [3.8, 4) is 0 Å². The van der Waals surface area contributed by atoms with Crippen LogP contribution in [-0.4, -0.2) is 16.1 Å². The zero-order valence-corrected chi connectivity index (χ0v) is 15.3. The molecule has 1 unspecified atom stereocenters. The largest absolute Gasteiger partial charge is 0.325 e. The Morgan fingerprint density at radius 2 is 1.80 bits per heavy atom. The van der Waals surface area contributed by atoms with Crippen LogP contribution < -0.4 is 5.32 Å². The van der Waals surface area contributed by atoms with Crippen LogP contribution in [0.25, 0.3) is 10.9 Å². The smallest absolute Gasteiger partial charge is 0.237 e. The molecule has 25 heavy (non-hydrogen) atoms. The van der Waals surface area contributed by atoms with Gasteiger partial charge >= 0.3 is 0 Å². The number of amides is 1. The van der Waals surface area contributed by atoms with Gasteiger partial charge in [0, 0.05) is 11.1 Å². The van der Waals surface area contributed by atoms with Gasteiger partial charge in [0.25, 0.3) is 0 Å². The molecule has 1 aromatic heterocycles. The van der Waals surface area contributed by atoms with Crippen LogP contribution in [0.5, 0.6) is 0 Å². The molecule has 2 aromatic carbocycles. The van der Waals surface area contributed by atoms with Gasteiger partial charge in [0.2, 0.25) is 5.91 Å². The Balaban J connectivity index is 1.70. The Morgan fingerprint density at radius 1 is 1.04 bits per heavy atom. The Kier molecular flexibility index (Phi) is 5.71. The molecule has 0 aliphatic rings. The molecule has 0 fully saturated rings. The zero-order chi connectivity index (χ0) is 17.6. The van der Waals surface area contributed by atoms with Crippen molar-refractivity contribution < 1.29 is 4.79 Å². The lowest BCUT2D eigenvalue weighted by molar-refractivity contribution is -0.115. The van der Waals surface area contributed by atoms with E-state index in [2.05, 4.69) is 35.4 Å². The van der Waals surface area contributed by atoms with Gasteiger partial charge in [-0.15, -0.1) is 0 Å². The monoisotopic (exact) mass is 350 g/mol. The van der Waals surface area contributed by atoms with E-state index in [0.717, 1.165) is 34.5 Å². The fourth-order valence-corrected chi connectivity index (χ4v) is 3.55. The molecule has 0 saturated heterocycles. The Bertz CT molecular complexity index is 861. The average Bonchev–Trinajstić information content (AvgIpc) is 2.66. The molecule has 4 heteroatoms. The van der Waals surface area contributed by atoms with E-state index in [1.165, 1.54) is 17.3 Å². The van der Waals surface area contributed by atoms with E-state index >= 15 is 0 Å². The van der Waals surface area contributed by atoms with Gasteiger partial charge in [-0.2, -0.15) is 0 Å². The van der Waals surface area contributed by atoms with Crippen molar-refractivity contribution in [2.24, 2.45) is 0 Å². The van der Waals surface area contributed by atoms with E-state index < -0.39 is 0 Å². The van der Waals surface area contributed by atoms with Gasteiger partial charge in [0.1, 0.15) is 0 Å². The normalized spacial score (nSPS) is 12.1. The first kappa shape index (κ1) is 17.5. The zero-order valence-electron chi connectivity index (χ0n) is 14.5. The van der Waals surface area contributed by atoms with Crippen molar-refractivity contribution in [2.75, 3.05) is 5.32 Å². The van der Waals surface area contributed by atoms with Gasteiger partial charge in [-0.3, -0.25) is 4.79 Å². The average molecular weight is 350 g/mol. The van der Waals surface area contributed by atoms with Gasteiger partial charge in [0.05, 0.1) is 15.8 Å². The number of aryl methyl sites for hydroxylation is 1. The molecule has 1 heterocycles. The lowest BCUT2D eigenvalue weighted by Crippen LogP contribution is -2.24. The Morgan fingerprint density at radius 3 is 2.52 bits per heavy atom. The maximum atomic E-state index is 12.6. The van der Waals surface area contributed by atoms with Crippen molar-refractivity contribution >= 4 is 34.3 Å². The predicted octanol–water partition coefficient (Wildman–Crippen LogP) is 5.31. The minimum atomic E-state index is -0.167. The minimum Gasteiger partial charge on any atom is -0.325 e. The molecule has 1 atom stereocenters. The Labute approximate surface area is 152 Å². The quantitative estimate of drug-likeness (QED) is 0.613. The first-order chi connectivity index (χ1) is 12.2. The number of hydrogen-bond donors (Lipinski definition) is 1. The number of fused-ring (bicyclic) bond motifs is 1. The van der Waals surface area contributed by atoms with Crippen molar-refractivity contribution in [2.45, 2.75) is 37.0 Å². The molecule has 0 aliphatic heterocycles. The third-order valence-corrected chi connectivity index (χ3v) is 5.43. The molecule has 0 bridgehead atoms. The number of pyridine rings is 1. The van der Waals surface area contributed by atoms with Crippen LogP contribution in [-0.2, 0) is 11.2 Å². The molecular weight excluding hydrogens is 328 g/mol. The molecule has 0 saturated carbocycles. The van der Waals surface area contributed by atoms with E-state index in [9.17, 15) is 4.79 Å². The second kappa shape index (κ2) is 8.17. The number of carbonyl (C=O) groups is 1. The van der Waals surface area contributed by atoms with Crippen LogP contribution in [0.1, 0.15) is 25.8 Å². The number of carbonyl (C=O) groups excluding carboxylic acids is 1. The van der Waals surface area contributed by atoms with Crippen molar-refractivity contribution in [1.82, 2.24) is 4.98 Å². The van der Waals surface area contributed by atoms with Gasteiger partial charge in [0.15, 0.2) is 0 Å². The van der Waals surface area contributed by atoms with E-state index in [1.807, 2.05) is 49.4 Å². The maximum absolute atomic E-state index is 12.6. The van der Waals surface area contributed by atoms with E-state index in [0.29, 0.717) is 0 Å². The topological polar surface area (TPSA) is 42.0 Å². The SMILES string of the molecule is CCc1ccc(NC(=O)C(CC)Sc2ccc3ccccc3n2)cc1. The van der Waals surface area contributed by atoms with Gasteiger partial charge in [-0.25, -0.2) is 4.98 Å². The molecule has 128 valence electrons. The van der Waals surface area contributed by atoms with Crippen molar-refractivity contribution in [1.29, 1.82) is 0 Å². The number of hydrogen-bond acceptors (Lipinski definition) is 3. The highest BCUT2D eigenvalue weighted by atomic mass is 32.2. The number of benzene rings is 2. The lowest BCUT2D eigenvalue weighted by Gasteiger charge is -2.15. The third-order valence-electron chi connectivity index (χ3n) is 4.13. The summed E-state index contributed by atoms with van der Waals surface area (Å²) < 4.78 is 0. The highest BCUT2D eigenvalue weighted by molar-refractivity contribution is 8.00. The van der Waals surface area contributed by atoms with E-state index in [-0.39, 0.29) is 11.2 Å². The van der Waals surface area contributed by atoms with E-state index in [1.54, 1.807) is 0 Å².